The molecule has 0 spiro atoms. The van der Waals surface area contributed by atoms with Crippen molar-refractivity contribution in [3.63, 3.8) is 0 Å². The molecule has 1 aromatic heterocycles. The summed E-state index contributed by atoms with van der Waals surface area (Å²) in [6.07, 6.45) is -2.87. The Balaban J connectivity index is 1.46. The number of amides is 2. The summed E-state index contributed by atoms with van der Waals surface area (Å²) in [7, 11) is 1.29. The van der Waals surface area contributed by atoms with Crippen LogP contribution in [-0.2, 0) is 6.18 Å². The van der Waals surface area contributed by atoms with Gasteiger partial charge >= 0.3 is 12.2 Å². The average Bonchev–Trinajstić information content (AvgIpc) is 2.80. The average molecular weight is 488 g/mol. The van der Waals surface area contributed by atoms with Gasteiger partial charge in [0.15, 0.2) is 0 Å². The highest BCUT2D eigenvalue weighted by atomic mass is 35.5. The molecule has 10 heteroatoms. The number of alkyl halides is 3. The first-order valence-electron chi connectivity index (χ1n) is 9.88. The number of pyridine rings is 1. The van der Waals surface area contributed by atoms with Crippen LogP contribution in [0.4, 0.5) is 29.3 Å². The van der Waals surface area contributed by atoms with Crippen LogP contribution >= 0.6 is 11.6 Å². The van der Waals surface area contributed by atoms with Crippen molar-refractivity contribution in [3.05, 3.63) is 83.5 Å². The van der Waals surface area contributed by atoms with Crippen LogP contribution in [0, 0.1) is 0 Å². The van der Waals surface area contributed by atoms with E-state index in [-0.39, 0.29) is 16.5 Å². The number of methoxy groups -OCH3 is 1. The number of benzene rings is 3. The molecule has 3 aromatic carbocycles. The maximum Gasteiger partial charge on any atom is 0.416 e. The molecular weight excluding hydrogens is 471 g/mol. The zero-order chi connectivity index (χ0) is 24.3. The van der Waals surface area contributed by atoms with Gasteiger partial charge in [0.1, 0.15) is 17.2 Å². The van der Waals surface area contributed by atoms with Crippen molar-refractivity contribution < 1.29 is 27.4 Å². The Labute approximate surface area is 197 Å². The summed E-state index contributed by atoms with van der Waals surface area (Å²) in [5, 5.41) is 6.00. The SMILES string of the molecule is COc1ccc(C(F)(F)F)cc1NC(=O)Nc1ccc(Oc2ccc3ncccc3c2)c(Cl)c1. The van der Waals surface area contributed by atoms with Gasteiger partial charge in [0.2, 0.25) is 0 Å². The fourth-order valence-electron chi connectivity index (χ4n) is 3.17. The normalized spacial score (nSPS) is 11.2. The molecule has 0 radical (unpaired) electrons. The number of rotatable bonds is 5. The monoisotopic (exact) mass is 487 g/mol. The number of ether oxygens (including phenoxy) is 2. The number of hydrogen-bond acceptors (Lipinski definition) is 4. The van der Waals surface area contributed by atoms with E-state index in [1.165, 1.54) is 13.2 Å². The number of carbonyl (C=O) groups is 1. The van der Waals surface area contributed by atoms with Gasteiger partial charge in [-0.1, -0.05) is 17.7 Å². The lowest BCUT2D eigenvalue weighted by Gasteiger charge is -2.15. The van der Waals surface area contributed by atoms with Crippen LogP contribution in [0.1, 0.15) is 5.56 Å². The molecule has 4 aromatic rings. The number of carbonyl (C=O) groups excluding carboxylic acids is 1. The van der Waals surface area contributed by atoms with E-state index in [0.29, 0.717) is 17.2 Å². The predicted molar refractivity (Wildman–Crippen MR) is 124 cm³/mol. The molecule has 2 amide bonds. The molecule has 0 aliphatic heterocycles. The van der Waals surface area contributed by atoms with Crippen LogP contribution in [-0.4, -0.2) is 18.1 Å². The smallest absolute Gasteiger partial charge is 0.416 e. The van der Waals surface area contributed by atoms with Crippen molar-refractivity contribution in [2.75, 3.05) is 17.7 Å². The van der Waals surface area contributed by atoms with Crippen LogP contribution in [0.25, 0.3) is 10.9 Å². The van der Waals surface area contributed by atoms with E-state index in [9.17, 15) is 18.0 Å². The van der Waals surface area contributed by atoms with E-state index in [1.807, 2.05) is 24.3 Å². The fourth-order valence-corrected chi connectivity index (χ4v) is 3.39. The second kappa shape index (κ2) is 9.48. The van der Waals surface area contributed by atoms with Gasteiger partial charge in [-0.25, -0.2) is 4.79 Å². The molecule has 0 aliphatic carbocycles. The maximum atomic E-state index is 13.0. The fraction of sp³-hybridized carbons (Fsp3) is 0.0833. The Morgan fingerprint density at radius 1 is 0.971 bits per heavy atom. The minimum Gasteiger partial charge on any atom is -0.495 e. The Morgan fingerprint density at radius 3 is 2.50 bits per heavy atom. The maximum absolute atomic E-state index is 13.0. The molecule has 174 valence electrons. The lowest BCUT2D eigenvalue weighted by Crippen LogP contribution is -2.20. The largest absolute Gasteiger partial charge is 0.495 e. The van der Waals surface area contributed by atoms with E-state index in [0.717, 1.165) is 29.1 Å². The predicted octanol–water partition coefficient (Wildman–Crippen LogP) is 7.35. The summed E-state index contributed by atoms with van der Waals surface area (Å²) in [6.45, 7) is 0. The van der Waals surface area contributed by atoms with Gasteiger partial charge in [-0.2, -0.15) is 13.2 Å². The molecular formula is C24H17ClF3N3O3. The summed E-state index contributed by atoms with van der Waals surface area (Å²) in [6, 6.07) is 15.7. The third-order valence-electron chi connectivity index (χ3n) is 4.77. The zero-order valence-corrected chi connectivity index (χ0v) is 18.4. The molecule has 0 atom stereocenters. The van der Waals surface area contributed by atoms with Crippen LogP contribution in [0.3, 0.4) is 0 Å². The number of nitrogens with zero attached hydrogens (tertiary/aromatic N) is 1. The lowest BCUT2D eigenvalue weighted by molar-refractivity contribution is -0.137. The number of nitrogens with one attached hydrogen (secondary N) is 2. The Bertz CT molecular complexity index is 1360. The van der Waals surface area contributed by atoms with E-state index in [4.69, 9.17) is 21.1 Å². The van der Waals surface area contributed by atoms with Gasteiger partial charge in [-0.3, -0.25) is 4.98 Å². The van der Waals surface area contributed by atoms with Crippen molar-refractivity contribution in [3.8, 4) is 17.2 Å². The van der Waals surface area contributed by atoms with Gasteiger partial charge in [0.25, 0.3) is 0 Å². The van der Waals surface area contributed by atoms with Gasteiger partial charge in [-0.15, -0.1) is 0 Å². The molecule has 2 N–H and O–H groups in total. The first kappa shape index (κ1) is 23.2. The molecule has 6 nitrogen and oxygen atoms in total. The van der Waals surface area contributed by atoms with Crippen LogP contribution in [0.2, 0.25) is 5.02 Å². The topological polar surface area (TPSA) is 72.5 Å². The van der Waals surface area contributed by atoms with Crippen LogP contribution in [0.5, 0.6) is 17.2 Å². The van der Waals surface area contributed by atoms with Crippen molar-refractivity contribution in [2.24, 2.45) is 0 Å². The third-order valence-corrected chi connectivity index (χ3v) is 5.06. The molecule has 0 aliphatic rings. The number of urea groups is 1. The standard InChI is InChI=1S/C24H17ClF3N3O3/c1-33-22-8-4-15(24(26,27)28)12-20(22)31-23(32)30-16-5-9-21(18(25)13-16)34-17-6-7-19-14(11-17)3-2-10-29-19/h2-13H,1H3,(H2,30,31,32). The second-order valence-corrected chi connectivity index (χ2v) is 7.50. The molecule has 1 heterocycles. The first-order valence-corrected chi connectivity index (χ1v) is 10.3. The molecule has 0 saturated carbocycles. The Kier molecular flexibility index (Phi) is 6.47. The molecule has 0 saturated heterocycles. The van der Waals surface area contributed by atoms with Gasteiger partial charge in [0.05, 0.1) is 28.9 Å². The minimum atomic E-state index is -4.57. The molecule has 0 bridgehead atoms. The highest BCUT2D eigenvalue weighted by Gasteiger charge is 2.31. The molecule has 34 heavy (non-hydrogen) atoms. The van der Waals surface area contributed by atoms with E-state index < -0.39 is 17.8 Å². The number of hydrogen-bond donors (Lipinski definition) is 2. The summed E-state index contributed by atoms with van der Waals surface area (Å²) in [5.41, 5.74) is 0.0803. The molecule has 0 unspecified atom stereocenters. The summed E-state index contributed by atoms with van der Waals surface area (Å²) >= 11 is 6.31. The lowest BCUT2D eigenvalue weighted by atomic mass is 10.2. The number of fused-ring (bicyclic) bond motifs is 1. The summed E-state index contributed by atoms with van der Waals surface area (Å²) < 4.78 is 49.9. The molecule has 0 fully saturated rings. The van der Waals surface area contributed by atoms with Gasteiger partial charge < -0.3 is 20.1 Å². The van der Waals surface area contributed by atoms with Crippen molar-refractivity contribution in [2.45, 2.75) is 6.18 Å². The summed E-state index contributed by atoms with van der Waals surface area (Å²) in [5.74, 6) is 0.989. The van der Waals surface area contributed by atoms with Crippen molar-refractivity contribution in [1.29, 1.82) is 0 Å². The van der Waals surface area contributed by atoms with E-state index >= 15 is 0 Å². The Hall–Kier alpha value is -3.98. The molecule has 4 rings (SSSR count). The number of halogens is 4. The third kappa shape index (κ3) is 5.32. The second-order valence-electron chi connectivity index (χ2n) is 7.10. The minimum absolute atomic E-state index is 0.0792. The van der Waals surface area contributed by atoms with Crippen LogP contribution in [0.15, 0.2) is 72.9 Å². The first-order chi connectivity index (χ1) is 16.2. The van der Waals surface area contributed by atoms with Crippen LogP contribution < -0.4 is 20.1 Å². The number of anilines is 2. The van der Waals surface area contributed by atoms with E-state index in [1.54, 1.807) is 24.4 Å². The Morgan fingerprint density at radius 2 is 1.76 bits per heavy atom. The van der Waals surface area contributed by atoms with Gasteiger partial charge in [0, 0.05) is 17.3 Å². The summed E-state index contributed by atoms with van der Waals surface area (Å²) in [4.78, 5) is 16.6. The number of aromatic nitrogens is 1. The zero-order valence-electron chi connectivity index (χ0n) is 17.6. The van der Waals surface area contributed by atoms with E-state index in [2.05, 4.69) is 15.6 Å². The highest BCUT2D eigenvalue weighted by molar-refractivity contribution is 6.32. The quantitative estimate of drug-likeness (QED) is 0.308. The van der Waals surface area contributed by atoms with Crippen molar-refractivity contribution in [1.82, 2.24) is 4.98 Å². The van der Waals surface area contributed by atoms with Gasteiger partial charge in [-0.05, 0) is 60.7 Å². The van der Waals surface area contributed by atoms with Crippen molar-refractivity contribution >= 4 is 39.9 Å². The highest BCUT2D eigenvalue weighted by Crippen LogP contribution is 2.36.